The summed E-state index contributed by atoms with van der Waals surface area (Å²) < 4.78 is 0. The predicted molar refractivity (Wildman–Crippen MR) is 119 cm³/mol. The lowest BCUT2D eigenvalue weighted by molar-refractivity contribution is -0.132. The van der Waals surface area contributed by atoms with Gasteiger partial charge in [0.05, 0.1) is 23.4 Å². The van der Waals surface area contributed by atoms with Crippen LogP contribution >= 0.6 is 0 Å². The van der Waals surface area contributed by atoms with E-state index in [4.69, 9.17) is 0 Å². The molecule has 6 nitrogen and oxygen atoms in total. The van der Waals surface area contributed by atoms with Crippen molar-refractivity contribution in [1.82, 2.24) is 5.32 Å². The van der Waals surface area contributed by atoms with E-state index in [1.807, 2.05) is 61.5 Å². The highest BCUT2D eigenvalue weighted by molar-refractivity contribution is 6.20. The number of aliphatic hydroxyl groups is 1. The van der Waals surface area contributed by atoms with Crippen LogP contribution in [0.25, 0.3) is 0 Å². The summed E-state index contributed by atoms with van der Waals surface area (Å²) in [5.41, 5.74) is 3.07. The minimum Gasteiger partial charge on any atom is -0.392 e. The maximum atomic E-state index is 13.1. The van der Waals surface area contributed by atoms with Crippen LogP contribution in [0.15, 0.2) is 59.6 Å². The standard InChI is InChI=1S/C24H29N3O3/c1-4-5-15-20(28)16(2)23(29)26-22-24(30)27(3)19-14-10-9-13-18(19)21(25-22)17-11-7-6-8-12-17/h6-14,16,20,22,28H,4-5,15H2,1-3H3,(H,26,29)/t16?,20-,22?/m0/s1. The number of aliphatic hydroxyl groups excluding tert-OH is 1. The maximum absolute atomic E-state index is 13.1. The van der Waals surface area contributed by atoms with Crippen LogP contribution in [-0.4, -0.2) is 41.9 Å². The van der Waals surface area contributed by atoms with Gasteiger partial charge in [-0.05, 0) is 12.5 Å². The molecule has 0 spiro atoms. The number of rotatable bonds is 7. The molecule has 0 bridgehead atoms. The van der Waals surface area contributed by atoms with Gasteiger partial charge >= 0.3 is 0 Å². The lowest BCUT2D eigenvalue weighted by atomic mass is 9.99. The van der Waals surface area contributed by atoms with Gasteiger partial charge in [-0.1, -0.05) is 75.2 Å². The number of anilines is 1. The molecule has 2 aromatic carbocycles. The van der Waals surface area contributed by atoms with E-state index in [9.17, 15) is 14.7 Å². The number of hydrogen-bond donors (Lipinski definition) is 2. The topological polar surface area (TPSA) is 82.0 Å². The van der Waals surface area contributed by atoms with E-state index in [1.54, 1.807) is 14.0 Å². The first-order chi connectivity index (χ1) is 14.4. The monoisotopic (exact) mass is 407 g/mol. The zero-order chi connectivity index (χ0) is 21.7. The SMILES string of the molecule is CCCC[C@H](O)C(C)C(=O)NC1N=C(c2ccccc2)c2ccccc2N(C)C1=O. The molecule has 0 radical (unpaired) electrons. The molecule has 1 aliphatic rings. The van der Waals surface area contributed by atoms with Gasteiger partial charge in [0, 0.05) is 18.2 Å². The first-order valence-corrected chi connectivity index (χ1v) is 10.4. The number of nitrogens with zero attached hydrogens (tertiary/aromatic N) is 2. The van der Waals surface area contributed by atoms with Gasteiger partial charge in [-0.15, -0.1) is 0 Å². The second-order valence-electron chi connectivity index (χ2n) is 7.67. The zero-order valence-electron chi connectivity index (χ0n) is 17.7. The quantitative estimate of drug-likeness (QED) is 0.740. The van der Waals surface area contributed by atoms with Crippen molar-refractivity contribution < 1.29 is 14.7 Å². The van der Waals surface area contributed by atoms with Crippen molar-refractivity contribution >= 4 is 23.2 Å². The Morgan fingerprint density at radius 2 is 1.83 bits per heavy atom. The van der Waals surface area contributed by atoms with Crippen molar-refractivity contribution in [1.29, 1.82) is 0 Å². The van der Waals surface area contributed by atoms with Gasteiger partial charge < -0.3 is 15.3 Å². The van der Waals surface area contributed by atoms with Crippen molar-refractivity contribution in [2.45, 2.75) is 45.4 Å². The fourth-order valence-corrected chi connectivity index (χ4v) is 3.55. The number of likely N-dealkylation sites (N-methyl/N-ethyl adjacent to an activating group) is 1. The van der Waals surface area contributed by atoms with E-state index < -0.39 is 18.2 Å². The first-order valence-electron chi connectivity index (χ1n) is 10.4. The molecule has 2 unspecified atom stereocenters. The number of carbonyl (C=O) groups is 2. The molecule has 158 valence electrons. The number of aliphatic imine (C=N–C) groups is 1. The van der Waals surface area contributed by atoms with Crippen LogP contribution in [0.3, 0.4) is 0 Å². The number of amides is 2. The molecule has 0 saturated carbocycles. The van der Waals surface area contributed by atoms with Crippen LogP contribution in [0.1, 0.15) is 44.2 Å². The number of hydrogen-bond acceptors (Lipinski definition) is 4. The highest BCUT2D eigenvalue weighted by Crippen LogP contribution is 2.27. The summed E-state index contributed by atoms with van der Waals surface area (Å²) in [4.78, 5) is 32.1. The summed E-state index contributed by atoms with van der Waals surface area (Å²) in [5.74, 6) is -1.33. The molecule has 0 aliphatic carbocycles. The number of para-hydroxylation sites is 1. The van der Waals surface area contributed by atoms with Gasteiger partial charge in [0.25, 0.3) is 5.91 Å². The van der Waals surface area contributed by atoms with Gasteiger partial charge in [-0.25, -0.2) is 4.99 Å². The minimum atomic E-state index is -1.06. The second kappa shape index (κ2) is 9.67. The second-order valence-corrected chi connectivity index (χ2v) is 7.67. The molecule has 2 aromatic rings. The Balaban J connectivity index is 1.95. The van der Waals surface area contributed by atoms with Gasteiger partial charge in [0.15, 0.2) is 0 Å². The van der Waals surface area contributed by atoms with Crippen LogP contribution in [-0.2, 0) is 9.59 Å². The Hall–Kier alpha value is -2.99. The fourth-order valence-electron chi connectivity index (χ4n) is 3.55. The Morgan fingerprint density at radius 3 is 2.53 bits per heavy atom. The van der Waals surface area contributed by atoms with E-state index in [1.165, 1.54) is 4.90 Å². The fraction of sp³-hybridized carbons (Fsp3) is 0.375. The van der Waals surface area contributed by atoms with Crippen LogP contribution in [0.5, 0.6) is 0 Å². The summed E-state index contributed by atoms with van der Waals surface area (Å²) in [7, 11) is 1.68. The number of nitrogens with one attached hydrogen (secondary N) is 1. The van der Waals surface area contributed by atoms with Crippen molar-refractivity contribution in [2.24, 2.45) is 10.9 Å². The largest absolute Gasteiger partial charge is 0.392 e. The molecular weight excluding hydrogens is 378 g/mol. The van der Waals surface area contributed by atoms with Crippen molar-refractivity contribution in [3.8, 4) is 0 Å². The van der Waals surface area contributed by atoms with Crippen LogP contribution in [0, 0.1) is 5.92 Å². The Bertz CT molecular complexity index is 926. The summed E-state index contributed by atoms with van der Waals surface area (Å²) >= 11 is 0. The van der Waals surface area contributed by atoms with Crippen molar-refractivity contribution in [2.75, 3.05) is 11.9 Å². The molecular formula is C24H29N3O3. The van der Waals surface area contributed by atoms with Gasteiger partial charge in [-0.2, -0.15) is 0 Å². The summed E-state index contributed by atoms with van der Waals surface area (Å²) in [6, 6.07) is 17.2. The van der Waals surface area contributed by atoms with E-state index in [0.29, 0.717) is 12.1 Å². The van der Waals surface area contributed by atoms with Crippen LogP contribution < -0.4 is 10.2 Å². The molecule has 1 heterocycles. The highest BCUT2D eigenvalue weighted by atomic mass is 16.3. The predicted octanol–water partition coefficient (Wildman–Crippen LogP) is 3.13. The number of unbranched alkanes of at least 4 members (excludes halogenated alkanes) is 1. The molecule has 6 heteroatoms. The third-order valence-corrected chi connectivity index (χ3v) is 5.51. The van der Waals surface area contributed by atoms with E-state index in [2.05, 4.69) is 10.3 Å². The molecule has 1 aliphatic heterocycles. The van der Waals surface area contributed by atoms with Crippen LogP contribution in [0.2, 0.25) is 0 Å². The van der Waals surface area contributed by atoms with E-state index in [-0.39, 0.29) is 11.8 Å². The van der Waals surface area contributed by atoms with E-state index in [0.717, 1.165) is 29.7 Å². The molecule has 0 aromatic heterocycles. The maximum Gasteiger partial charge on any atom is 0.272 e. The minimum absolute atomic E-state index is 0.322. The first kappa shape index (κ1) is 21.7. The van der Waals surface area contributed by atoms with E-state index >= 15 is 0 Å². The molecule has 0 saturated heterocycles. The Morgan fingerprint density at radius 1 is 1.17 bits per heavy atom. The van der Waals surface area contributed by atoms with Crippen molar-refractivity contribution in [3.05, 3.63) is 65.7 Å². The summed E-state index contributed by atoms with van der Waals surface area (Å²) in [5, 5.41) is 13.1. The smallest absolute Gasteiger partial charge is 0.272 e. The number of carbonyl (C=O) groups excluding carboxylic acids is 2. The number of benzene rings is 2. The van der Waals surface area contributed by atoms with Gasteiger partial charge in [0.1, 0.15) is 0 Å². The normalized spacial score (nSPS) is 18.1. The molecule has 3 rings (SSSR count). The molecule has 3 atom stereocenters. The average molecular weight is 408 g/mol. The van der Waals surface area contributed by atoms with Gasteiger partial charge in [-0.3, -0.25) is 9.59 Å². The third kappa shape index (κ3) is 4.60. The third-order valence-electron chi connectivity index (χ3n) is 5.51. The molecule has 2 N–H and O–H groups in total. The highest BCUT2D eigenvalue weighted by Gasteiger charge is 2.32. The zero-order valence-corrected chi connectivity index (χ0v) is 17.7. The van der Waals surface area contributed by atoms with Gasteiger partial charge in [0.2, 0.25) is 12.1 Å². The average Bonchev–Trinajstić information content (AvgIpc) is 2.88. The summed E-state index contributed by atoms with van der Waals surface area (Å²) in [6.45, 7) is 3.71. The summed E-state index contributed by atoms with van der Waals surface area (Å²) in [6.07, 6.45) is 0.521. The molecule has 2 amide bonds. The molecule has 30 heavy (non-hydrogen) atoms. The lowest BCUT2D eigenvalue weighted by Gasteiger charge is -2.23. The molecule has 0 fully saturated rings. The van der Waals surface area contributed by atoms with Crippen LogP contribution in [0.4, 0.5) is 5.69 Å². The lowest BCUT2D eigenvalue weighted by Crippen LogP contribution is -2.49. The van der Waals surface area contributed by atoms with Crippen molar-refractivity contribution in [3.63, 3.8) is 0 Å². The Kier molecular flexibility index (Phi) is 7.00. The number of benzodiazepines with no additional fused rings is 1. The number of fused-ring (bicyclic) bond motifs is 1. The Labute approximate surface area is 177 Å².